The normalized spacial score (nSPS) is 12.3. The first-order chi connectivity index (χ1) is 9.01. The van der Waals surface area contributed by atoms with E-state index < -0.39 is 5.97 Å². The van der Waals surface area contributed by atoms with Crippen molar-refractivity contribution < 1.29 is 14.6 Å². The number of carboxylic acid groups (broad SMARTS) is 1. The summed E-state index contributed by atoms with van der Waals surface area (Å²) < 4.78 is 5.14. The fraction of sp³-hybridized carbons (Fsp3) is 0.562. The van der Waals surface area contributed by atoms with Gasteiger partial charge in [0.2, 0.25) is 0 Å². The number of halogens is 1. The molecule has 0 aromatic heterocycles. The summed E-state index contributed by atoms with van der Waals surface area (Å²) in [7, 11) is 0. The molecule has 0 fully saturated rings. The largest absolute Gasteiger partial charge is 0.480 e. The zero-order valence-corrected chi connectivity index (χ0v) is 13.5. The molecule has 4 heteroatoms. The molecule has 0 saturated heterocycles. The maximum absolute atomic E-state index is 10.5. The van der Waals surface area contributed by atoms with Gasteiger partial charge in [0.1, 0.15) is 5.75 Å². The van der Waals surface area contributed by atoms with Crippen LogP contribution in [0, 0.1) is 5.41 Å². The molecule has 0 aliphatic rings. The first-order valence-electron chi connectivity index (χ1n) is 6.66. The van der Waals surface area contributed by atoms with Crippen LogP contribution in [0.4, 0.5) is 0 Å². The van der Waals surface area contributed by atoms with Crippen LogP contribution in [0.15, 0.2) is 18.2 Å². The Bertz CT molecular complexity index is 487. The van der Waals surface area contributed by atoms with Gasteiger partial charge in [-0.3, -0.25) is 0 Å². The molecule has 0 bridgehead atoms. The summed E-state index contributed by atoms with van der Waals surface area (Å²) in [6.45, 7) is 10.6. The molecule has 0 saturated carbocycles. The van der Waals surface area contributed by atoms with Crippen molar-refractivity contribution in [3.63, 3.8) is 0 Å². The molecular weight excluding hydrogens is 276 g/mol. The molecule has 0 spiro atoms. The van der Waals surface area contributed by atoms with Crippen LogP contribution in [-0.4, -0.2) is 17.7 Å². The van der Waals surface area contributed by atoms with Gasteiger partial charge in [0.25, 0.3) is 0 Å². The number of carbonyl (C=O) groups is 1. The predicted octanol–water partition coefficient (Wildman–Crippen LogP) is 4.52. The summed E-state index contributed by atoms with van der Waals surface area (Å²) in [4.78, 5) is 10.5. The number of ether oxygens (including phenoxy) is 1. The highest BCUT2D eigenvalue weighted by Gasteiger charge is 2.27. The topological polar surface area (TPSA) is 46.5 Å². The minimum absolute atomic E-state index is 0.00673. The Morgan fingerprint density at radius 2 is 1.85 bits per heavy atom. The first kappa shape index (κ1) is 16.8. The van der Waals surface area contributed by atoms with E-state index in [9.17, 15) is 4.79 Å². The average Bonchev–Trinajstić information content (AvgIpc) is 2.23. The monoisotopic (exact) mass is 298 g/mol. The van der Waals surface area contributed by atoms with Gasteiger partial charge in [-0.05, 0) is 34.9 Å². The summed E-state index contributed by atoms with van der Waals surface area (Å²) >= 11 is 6.17. The third-order valence-corrected chi connectivity index (χ3v) is 3.33. The van der Waals surface area contributed by atoms with Crippen LogP contribution in [0.25, 0.3) is 0 Å². The molecule has 1 aromatic rings. The lowest BCUT2D eigenvalue weighted by molar-refractivity contribution is -0.139. The highest BCUT2D eigenvalue weighted by atomic mass is 35.5. The molecule has 20 heavy (non-hydrogen) atoms. The standard InChI is InChI=1S/C16H23ClO3/c1-15(2,3)10-16(4,5)11-6-7-13(12(17)8-11)20-9-14(18)19/h6-8H,9-10H2,1-5H3,(H,18,19). The lowest BCUT2D eigenvalue weighted by Crippen LogP contribution is -2.24. The smallest absolute Gasteiger partial charge is 0.341 e. The zero-order chi connectivity index (χ0) is 15.6. The van der Waals surface area contributed by atoms with E-state index in [0.29, 0.717) is 10.8 Å². The minimum Gasteiger partial charge on any atom is -0.480 e. The second-order valence-corrected chi connectivity index (χ2v) is 7.36. The highest BCUT2D eigenvalue weighted by molar-refractivity contribution is 6.32. The van der Waals surface area contributed by atoms with Crippen molar-refractivity contribution in [3.8, 4) is 5.75 Å². The summed E-state index contributed by atoms with van der Waals surface area (Å²) in [5.41, 5.74) is 1.34. The Labute approximate surface area is 125 Å². The molecule has 0 amide bonds. The molecule has 1 rings (SSSR count). The highest BCUT2D eigenvalue weighted by Crippen LogP contribution is 2.38. The Morgan fingerprint density at radius 3 is 2.30 bits per heavy atom. The molecule has 0 aliphatic carbocycles. The molecule has 0 unspecified atom stereocenters. The molecule has 0 radical (unpaired) electrons. The van der Waals surface area contributed by atoms with Crippen LogP contribution < -0.4 is 4.74 Å². The second kappa shape index (κ2) is 6.04. The van der Waals surface area contributed by atoms with Crippen LogP contribution in [0.5, 0.6) is 5.75 Å². The van der Waals surface area contributed by atoms with Crippen LogP contribution in [0.3, 0.4) is 0 Å². The third-order valence-electron chi connectivity index (χ3n) is 3.04. The number of carboxylic acids is 1. The van der Waals surface area contributed by atoms with Crippen molar-refractivity contribution in [2.24, 2.45) is 5.41 Å². The Balaban J connectivity index is 2.93. The maximum atomic E-state index is 10.5. The summed E-state index contributed by atoms with van der Waals surface area (Å²) in [5.74, 6) is -0.609. The van der Waals surface area contributed by atoms with Crippen molar-refractivity contribution in [1.29, 1.82) is 0 Å². The van der Waals surface area contributed by atoms with Crippen molar-refractivity contribution in [2.75, 3.05) is 6.61 Å². The van der Waals surface area contributed by atoms with Crippen LogP contribution >= 0.6 is 11.6 Å². The first-order valence-corrected chi connectivity index (χ1v) is 7.04. The summed E-state index contributed by atoms with van der Waals surface area (Å²) in [6.07, 6.45) is 1.02. The zero-order valence-electron chi connectivity index (χ0n) is 12.8. The Kier molecular flexibility index (Phi) is 5.09. The van der Waals surface area contributed by atoms with Gasteiger partial charge in [-0.25, -0.2) is 4.79 Å². The van der Waals surface area contributed by atoms with Gasteiger partial charge < -0.3 is 9.84 Å². The van der Waals surface area contributed by atoms with E-state index in [0.717, 1.165) is 12.0 Å². The van der Waals surface area contributed by atoms with E-state index in [2.05, 4.69) is 34.6 Å². The predicted molar refractivity (Wildman–Crippen MR) is 81.7 cm³/mol. The van der Waals surface area contributed by atoms with Gasteiger partial charge in [-0.2, -0.15) is 0 Å². The van der Waals surface area contributed by atoms with Gasteiger partial charge in [0.05, 0.1) is 5.02 Å². The maximum Gasteiger partial charge on any atom is 0.341 e. The molecule has 0 aliphatic heterocycles. The van der Waals surface area contributed by atoms with Gasteiger partial charge in [-0.1, -0.05) is 52.3 Å². The van der Waals surface area contributed by atoms with Crippen molar-refractivity contribution >= 4 is 17.6 Å². The summed E-state index contributed by atoms with van der Waals surface area (Å²) in [6, 6.07) is 5.56. The third kappa shape index (κ3) is 5.04. The van der Waals surface area contributed by atoms with Gasteiger partial charge >= 0.3 is 5.97 Å². The molecule has 0 atom stereocenters. The fourth-order valence-electron chi connectivity index (χ4n) is 2.61. The van der Waals surface area contributed by atoms with Gasteiger partial charge in [0.15, 0.2) is 6.61 Å². The SMILES string of the molecule is CC(C)(C)CC(C)(C)c1ccc(OCC(=O)O)c(Cl)c1. The van der Waals surface area contributed by atoms with E-state index in [1.54, 1.807) is 6.07 Å². The van der Waals surface area contributed by atoms with Crippen molar-refractivity contribution in [2.45, 2.75) is 46.5 Å². The van der Waals surface area contributed by atoms with E-state index in [1.165, 1.54) is 0 Å². The molecule has 3 nitrogen and oxygen atoms in total. The number of aliphatic carboxylic acids is 1. The second-order valence-electron chi connectivity index (χ2n) is 6.95. The van der Waals surface area contributed by atoms with Gasteiger partial charge in [0, 0.05) is 0 Å². The molecular formula is C16H23ClO3. The fourth-order valence-corrected chi connectivity index (χ4v) is 2.84. The molecule has 1 aromatic carbocycles. The van der Waals surface area contributed by atoms with Crippen molar-refractivity contribution in [3.05, 3.63) is 28.8 Å². The van der Waals surface area contributed by atoms with E-state index >= 15 is 0 Å². The van der Waals surface area contributed by atoms with Crippen LogP contribution in [0.2, 0.25) is 5.02 Å². The molecule has 1 N–H and O–H groups in total. The Hall–Kier alpha value is -1.22. The molecule has 112 valence electrons. The van der Waals surface area contributed by atoms with Gasteiger partial charge in [-0.15, -0.1) is 0 Å². The number of benzene rings is 1. The lowest BCUT2D eigenvalue weighted by atomic mass is 9.72. The lowest BCUT2D eigenvalue weighted by Gasteiger charge is -2.33. The minimum atomic E-state index is -1.02. The van der Waals surface area contributed by atoms with E-state index in [1.807, 2.05) is 12.1 Å². The van der Waals surface area contributed by atoms with Crippen LogP contribution in [-0.2, 0) is 10.2 Å². The quantitative estimate of drug-likeness (QED) is 0.869. The number of rotatable bonds is 5. The average molecular weight is 299 g/mol. The van der Waals surface area contributed by atoms with Crippen LogP contribution in [0.1, 0.15) is 46.6 Å². The number of hydrogen-bond acceptors (Lipinski definition) is 2. The van der Waals surface area contributed by atoms with E-state index in [-0.39, 0.29) is 17.4 Å². The summed E-state index contributed by atoms with van der Waals surface area (Å²) in [5, 5.41) is 9.06. The van der Waals surface area contributed by atoms with E-state index in [4.69, 9.17) is 21.4 Å². The van der Waals surface area contributed by atoms with Crippen molar-refractivity contribution in [1.82, 2.24) is 0 Å². The Morgan fingerprint density at radius 1 is 1.25 bits per heavy atom. The number of hydrogen-bond donors (Lipinski definition) is 1. The molecule has 0 heterocycles.